The first kappa shape index (κ1) is 16.2. The average molecular weight is 313 g/mol. The molecule has 1 saturated heterocycles. The van der Waals surface area contributed by atoms with E-state index in [1.54, 1.807) is 25.2 Å². The molecule has 118 valence electrons. The Morgan fingerprint density at radius 1 is 1.29 bits per heavy atom. The molecule has 0 atom stereocenters. The van der Waals surface area contributed by atoms with E-state index in [1.165, 1.54) is 0 Å². The van der Waals surface area contributed by atoms with Crippen LogP contribution in [0.1, 0.15) is 6.42 Å². The molecule has 0 bridgehead atoms. The minimum absolute atomic E-state index is 0.292. The van der Waals surface area contributed by atoms with Gasteiger partial charge in [0.25, 0.3) is 0 Å². The largest absolute Gasteiger partial charge is 0.388 e. The number of anilines is 1. The summed E-state index contributed by atoms with van der Waals surface area (Å²) in [5.74, 6) is 0. The van der Waals surface area contributed by atoms with Gasteiger partial charge in [-0.1, -0.05) is 6.07 Å². The summed E-state index contributed by atoms with van der Waals surface area (Å²) in [6.07, 6.45) is 0.797. The molecule has 1 heterocycles. The average Bonchev–Trinajstić information content (AvgIpc) is 2.53. The smallest absolute Gasteiger partial charge is 0.240 e. The van der Waals surface area contributed by atoms with Gasteiger partial charge in [-0.15, -0.1) is 0 Å². The molecule has 0 amide bonds. The number of nitrogens with zero attached hydrogens (tertiary/aromatic N) is 1. The fraction of sp³-hybridized carbons (Fsp3) is 0.571. The molecule has 0 spiro atoms. The molecule has 6 nitrogen and oxygen atoms in total. The van der Waals surface area contributed by atoms with Crippen LogP contribution in [0.15, 0.2) is 29.2 Å². The van der Waals surface area contributed by atoms with Gasteiger partial charge in [0.2, 0.25) is 10.0 Å². The van der Waals surface area contributed by atoms with Crippen molar-refractivity contribution in [3.63, 3.8) is 0 Å². The predicted octanol–water partition coefficient (Wildman–Crippen LogP) is 0.729. The van der Waals surface area contributed by atoms with E-state index in [0.717, 1.165) is 45.0 Å². The highest BCUT2D eigenvalue weighted by Gasteiger charge is 2.14. The minimum Gasteiger partial charge on any atom is -0.388 e. The lowest BCUT2D eigenvalue weighted by Crippen LogP contribution is -2.38. The number of benzene rings is 1. The zero-order valence-corrected chi connectivity index (χ0v) is 13.2. The van der Waals surface area contributed by atoms with E-state index in [1.807, 2.05) is 6.07 Å². The van der Waals surface area contributed by atoms with Crippen molar-refractivity contribution in [2.45, 2.75) is 11.3 Å². The lowest BCUT2D eigenvalue weighted by molar-refractivity contribution is 0.0376. The summed E-state index contributed by atoms with van der Waals surface area (Å²) in [5.41, 5.74) is 0.784. The SMILES string of the molecule is CNc1cccc(S(=O)(=O)NCCCN2CCOCC2)c1. The van der Waals surface area contributed by atoms with Crippen LogP contribution >= 0.6 is 0 Å². The summed E-state index contributed by atoms with van der Waals surface area (Å²) < 4.78 is 32.3. The highest BCUT2D eigenvalue weighted by Crippen LogP contribution is 2.14. The molecule has 7 heteroatoms. The molecule has 0 saturated carbocycles. The van der Waals surface area contributed by atoms with Gasteiger partial charge in [-0.05, 0) is 31.2 Å². The van der Waals surface area contributed by atoms with Gasteiger partial charge < -0.3 is 10.1 Å². The first-order valence-electron chi connectivity index (χ1n) is 7.19. The number of morpholine rings is 1. The van der Waals surface area contributed by atoms with Crippen LogP contribution in [0.4, 0.5) is 5.69 Å². The lowest BCUT2D eigenvalue weighted by Gasteiger charge is -2.26. The van der Waals surface area contributed by atoms with Gasteiger partial charge in [0, 0.05) is 32.4 Å². The fourth-order valence-corrected chi connectivity index (χ4v) is 3.36. The Kier molecular flexibility index (Phi) is 5.98. The Bertz CT molecular complexity index is 542. The summed E-state index contributed by atoms with van der Waals surface area (Å²) in [6.45, 7) is 4.73. The Hall–Kier alpha value is -1.15. The normalized spacial score (nSPS) is 16.8. The van der Waals surface area contributed by atoms with Gasteiger partial charge in [-0.2, -0.15) is 0 Å². The molecule has 1 fully saturated rings. The maximum Gasteiger partial charge on any atom is 0.240 e. The van der Waals surface area contributed by atoms with Gasteiger partial charge >= 0.3 is 0 Å². The maximum absolute atomic E-state index is 12.2. The van der Waals surface area contributed by atoms with Gasteiger partial charge in [-0.3, -0.25) is 4.90 Å². The number of sulfonamides is 1. The standard InChI is InChI=1S/C14H23N3O3S/c1-15-13-4-2-5-14(12-13)21(18,19)16-6-3-7-17-8-10-20-11-9-17/h2,4-5,12,15-16H,3,6-11H2,1H3. The van der Waals surface area contributed by atoms with E-state index in [4.69, 9.17) is 4.74 Å². The van der Waals surface area contributed by atoms with Crippen LogP contribution in [0.2, 0.25) is 0 Å². The maximum atomic E-state index is 12.2. The molecule has 1 aliphatic rings. The summed E-state index contributed by atoms with van der Waals surface area (Å²) >= 11 is 0. The van der Waals surface area contributed by atoms with Crippen molar-refractivity contribution in [1.82, 2.24) is 9.62 Å². The van der Waals surface area contributed by atoms with Crippen LogP contribution in [0, 0.1) is 0 Å². The van der Waals surface area contributed by atoms with Crippen molar-refractivity contribution in [1.29, 1.82) is 0 Å². The van der Waals surface area contributed by atoms with Gasteiger partial charge in [0.05, 0.1) is 18.1 Å². The minimum atomic E-state index is -3.43. The van der Waals surface area contributed by atoms with Crippen molar-refractivity contribution in [2.75, 3.05) is 51.8 Å². The monoisotopic (exact) mass is 313 g/mol. The molecular weight excluding hydrogens is 290 g/mol. The lowest BCUT2D eigenvalue weighted by atomic mass is 10.3. The molecule has 0 aliphatic carbocycles. The van der Waals surface area contributed by atoms with Crippen molar-refractivity contribution in [3.05, 3.63) is 24.3 Å². The van der Waals surface area contributed by atoms with Gasteiger partial charge in [0.15, 0.2) is 0 Å². The Balaban J connectivity index is 1.80. The number of hydrogen-bond donors (Lipinski definition) is 2. The molecule has 2 rings (SSSR count). The van der Waals surface area contributed by atoms with Gasteiger partial charge in [0.1, 0.15) is 0 Å². The van der Waals surface area contributed by atoms with Crippen LogP contribution in [-0.4, -0.2) is 59.8 Å². The first-order valence-corrected chi connectivity index (χ1v) is 8.68. The van der Waals surface area contributed by atoms with E-state index < -0.39 is 10.0 Å². The van der Waals surface area contributed by atoms with E-state index in [2.05, 4.69) is 14.9 Å². The number of nitrogens with one attached hydrogen (secondary N) is 2. The predicted molar refractivity (Wildman–Crippen MR) is 83.1 cm³/mol. The first-order chi connectivity index (χ1) is 10.1. The topological polar surface area (TPSA) is 70.7 Å². The third-order valence-corrected chi connectivity index (χ3v) is 4.94. The second-order valence-corrected chi connectivity index (χ2v) is 6.75. The zero-order chi connectivity index (χ0) is 15.1. The molecule has 0 radical (unpaired) electrons. The molecular formula is C14H23N3O3S. The van der Waals surface area contributed by atoms with Crippen LogP contribution in [-0.2, 0) is 14.8 Å². The molecule has 1 aromatic rings. The van der Waals surface area contributed by atoms with Crippen molar-refractivity contribution in [3.8, 4) is 0 Å². The summed E-state index contributed by atoms with van der Waals surface area (Å²) in [6, 6.07) is 6.79. The quantitative estimate of drug-likeness (QED) is 0.726. The Morgan fingerprint density at radius 2 is 2.05 bits per heavy atom. The van der Waals surface area contributed by atoms with Crippen molar-refractivity contribution < 1.29 is 13.2 Å². The van der Waals surface area contributed by atoms with E-state index in [9.17, 15) is 8.42 Å². The number of ether oxygens (including phenoxy) is 1. The molecule has 0 unspecified atom stereocenters. The van der Waals surface area contributed by atoms with E-state index in [0.29, 0.717) is 11.4 Å². The third-order valence-electron chi connectivity index (χ3n) is 3.48. The molecule has 1 aliphatic heterocycles. The molecule has 1 aromatic carbocycles. The van der Waals surface area contributed by atoms with Crippen molar-refractivity contribution >= 4 is 15.7 Å². The van der Waals surface area contributed by atoms with E-state index >= 15 is 0 Å². The van der Waals surface area contributed by atoms with Crippen molar-refractivity contribution in [2.24, 2.45) is 0 Å². The molecule has 0 aromatic heterocycles. The Morgan fingerprint density at radius 3 is 2.76 bits per heavy atom. The van der Waals surface area contributed by atoms with Crippen LogP contribution in [0.5, 0.6) is 0 Å². The highest BCUT2D eigenvalue weighted by molar-refractivity contribution is 7.89. The Labute approximate surface area is 126 Å². The number of rotatable bonds is 7. The summed E-state index contributed by atoms with van der Waals surface area (Å²) in [5, 5.41) is 2.94. The second kappa shape index (κ2) is 7.74. The third kappa shape index (κ3) is 4.96. The zero-order valence-electron chi connectivity index (χ0n) is 12.3. The van der Waals surface area contributed by atoms with Crippen LogP contribution in [0.3, 0.4) is 0 Å². The molecule has 2 N–H and O–H groups in total. The highest BCUT2D eigenvalue weighted by atomic mass is 32.2. The molecule has 21 heavy (non-hydrogen) atoms. The van der Waals surface area contributed by atoms with Crippen LogP contribution < -0.4 is 10.0 Å². The second-order valence-electron chi connectivity index (χ2n) is 4.98. The number of hydrogen-bond acceptors (Lipinski definition) is 5. The van der Waals surface area contributed by atoms with Crippen LogP contribution in [0.25, 0.3) is 0 Å². The summed E-state index contributed by atoms with van der Waals surface area (Å²) in [4.78, 5) is 2.58. The fourth-order valence-electron chi connectivity index (χ4n) is 2.24. The van der Waals surface area contributed by atoms with Gasteiger partial charge in [-0.25, -0.2) is 13.1 Å². The summed E-state index contributed by atoms with van der Waals surface area (Å²) in [7, 11) is -1.66. The van der Waals surface area contributed by atoms with E-state index in [-0.39, 0.29) is 0 Å².